The first-order chi connectivity index (χ1) is 14.9. The van der Waals surface area contributed by atoms with Crippen molar-refractivity contribution in [1.82, 2.24) is 29.2 Å². The van der Waals surface area contributed by atoms with Crippen molar-refractivity contribution < 1.29 is 9.26 Å². The highest BCUT2D eigenvalue weighted by Crippen LogP contribution is 2.37. The highest BCUT2D eigenvalue weighted by atomic mass is 16.5. The van der Waals surface area contributed by atoms with Gasteiger partial charge in [0.15, 0.2) is 17.0 Å². The third kappa shape index (κ3) is 3.44. The number of benzene rings is 1. The van der Waals surface area contributed by atoms with Gasteiger partial charge in [0.2, 0.25) is 5.89 Å². The van der Waals surface area contributed by atoms with E-state index in [4.69, 9.17) is 9.26 Å². The Morgan fingerprint density at radius 1 is 1.06 bits per heavy atom. The molecule has 1 aliphatic heterocycles. The maximum atomic E-state index is 13.0. The van der Waals surface area contributed by atoms with Crippen LogP contribution in [0.15, 0.2) is 33.6 Å². The lowest BCUT2D eigenvalue weighted by atomic mass is 9.99. The Kier molecular flexibility index (Phi) is 4.70. The van der Waals surface area contributed by atoms with Crippen molar-refractivity contribution in [1.29, 1.82) is 0 Å². The van der Waals surface area contributed by atoms with E-state index in [1.165, 1.54) is 5.56 Å². The normalized spacial score (nSPS) is 18.8. The SMILES string of the molecule is Cc1ccc([C@H]2C[C@H](c3noc(Cn4c(C)nc5nc(C)n(C)c5c4=O)n3)CO2)cc1. The summed E-state index contributed by atoms with van der Waals surface area (Å²) in [6.45, 7) is 6.40. The Morgan fingerprint density at radius 2 is 1.81 bits per heavy atom. The molecule has 0 saturated carbocycles. The van der Waals surface area contributed by atoms with E-state index in [1.54, 1.807) is 16.1 Å². The van der Waals surface area contributed by atoms with Crippen molar-refractivity contribution >= 4 is 11.2 Å². The summed E-state index contributed by atoms with van der Waals surface area (Å²) in [5.41, 5.74) is 3.13. The molecule has 4 aromatic rings. The highest BCUT2D eigenvalue weighted by Gasteiger charge is 2.31. The number of ether oxygens (including phenoxy) is 1. The van der Waals surface area contributed by atoms with Gasteiger partial charge in [0.1, 0.15) is 18.2 Å². The van der Waals surface area contributed by atoms with Crippen LogP contribution in [-0.4, -0.2) is 35.8 Å². The largest absolute Gasteiger partial charge is 0.373 e. The summed E-state index contributed by atoms with van der Waals surface area (Å²) in [4.78, 5) is 26.4. The van der Waals surface area contributed by atoms with E-state index in [9.17, 15) is 4.79 Å². The summed E-state index contributed by atoms with van der Waals surface area (Å²) in [5, 5.41) is 4.16. The first-order valence-corrected chi connectivity index (χ1v) is 10.3. The van der Waals surface area contributed by atoms with Gasteiger partial charge in [-0.1, -0.05) is 35.0 Å². The van der Waals surface area contributed by atoms with Crippen molar-refractivity contribution in [3.63, 3.8) is 0 Å². The van der Waals surface area contributed by atoms with Crippen LogP contribution in [0.2, 0.25) is 0 Å². The maximum absolute atomic E-state index is 13.0. The van der Waals surface area contributed by atoms with Gasteiger partial charge in [0, 0.05) is 13.0 Å². The standard InChI is InChI=1S/C22H24N6O3/c1-12-5-7-15(8-6-12)17-9-16(11-30-17)20-25-18(31-26-20)10-28-14(3)24-21-19(22(28)29)27(4)13(2)23-21/h5-8,16-17H,9-11H2,1-4H3/t16-,17+/m0/s1. The summed E-state index contributed by atoms with van der Waals surface area (Å²) in [7, 11) is 1.81. The van der Waals surface area contributed by atoms with Crippen LogP contribution in [-0.2, 0) is 18.3 Å². The number of rotatable bonds is 4. The van der Waals surface area contributed by atoms with E-state index in [1.807, 2.05) is 14.0 Å². The molecule has 0 unspecified atom stereocenters. The van der Waals surface area contributed by atoms with Gasteiger partial charge < -0.3 is 13.8 Å². The minimum absolute atomic E-state index is 0.0251. The third-order valence-corrected chi connectivity index (χ3v) is 6.00. The van der Waals surface area contributed by atoms with Gasteiger partial charge in [-0.3, -0.25) is 9.36 Å². The van der Waals surface area contributed by atoms with Gasteiger partial charge in [-0.2, -0.15) is 4.98 Å². The summed E-state index contributed by atoms with van der Waals surface area (Å²) in [5.74, 6) is 2.34. The third-order valence-electron chi connectivity index (χ3n) is 6.00. The lowest BCUT2D eigenvalue weighted by Crippen LogP contribution is -2.25. The number of imidazole rings is 1. The second-order valence-corrected chi connectivity index (χ2v) is 8.15. The Balaban J connectivity index is 1.37. The molecule has 160 valence electrons. The maximum Gasteiger partial charge on any atom is 0.280 e. The minimum atomic E-state index is -0.172. The molecular weight excluding hydrogens is 396 g/mol. The monoisotopic (exact) mass is 420 g/mol. The molecule has 0 aliphatic carbocycles. The molecule has 0 N–H and O–H groups in total. The number of hydrogen-bond donors (Lipinski definition) is 0. The average Bonchev–Trinajstić information content (AvgIpc) is 3.46. The predicted molar refractivity (Wildman–Crippen MR) is 113 cm³/mol. The Morgan fingerprint density at radius 3 is 2.58 bits per heavy atom. The number of nitrogens with zero attached hydrogens (tertiary/aromatic N) is 6. The number of fused-ring (bicyclic) bond motifs is 1. The zero-order valence-electron chi connectivity index (χ0n) is 18.0. The zero-order chi connectivity index (χ0) is 21.7. The second-order valence-electron chi connectivity index (χ2n) is 8.15. The van der Waals surface area contributed by atoms with Crippen LogP contribution < -0.4 is 5.56 Å². The van der Waals surface area contributed by atoms with E-state index in [-0.39, 0.29) is 24.1 Å². The predicted octanol–water partition coefficient (Wildman–Crippen LogP) is 2.73. The van der Waals surface area contributed by atoms with E-state index in [2.05, 4.69) is 51.3 Å². The van der Waals surface area contributed by atoms with Gasteiger partial charge in [-0.15, -0.1) is 0 Å². The van der Waals surface area contributed by atoms with Crippen LogP contribution in [0.25, 0.3) is 11.2 Å². The molecule has 5 rings (SSSR count). The topological polar surface area (TPSA) is 101 Å². The molecule has 0 spiro atoms. The molecule has 1 fully saturated rings. The second kappa shape index (κ2) is 7.42. The van der Waals surface area contributed by atoms with Crippen LogP contribution in [0.5, 0.6) is 0 Å². The lowest BCUT2D eigenvalue weighted by molar-refractivity contribution is 0.110. The zero-order valence-corrected chi connectivity index (χ0v) is 18.0. The summed E-state index contributed by atoms with van der Waals surface area (Å²) >= 11 is 0. The van der Waals surface area contributed by atoms with Crippen LogP contribution in [0, 0.1) is 20.8 Å². The van der Waals surface area contributed by atoms with E-state index >= 15 is 0 Å². The first kappa shape index (κ1) is 19.6. The first-order valence-electron chi connectivity index (χ1n) is 10.3. The molecule has 4 heterocycles. The number of hydrogen-bond acceptors (Lipinski definition) is 7. The molecule has 0 amide bonds. The van der Waals surface area contributed by atoms with Crippen LogP contribution >= 0.6 is 0 Å². The summed E-state index contributed by atoms with van der Waals surface area (Å²) in [6, 6.07) is 8.38. The van der Waals surface area contributed by atoms with E-state index in [0.717, 1.165) is 17.8 Å². The smallest absolute Gasteiger partial charge is 0.280 e. The fraction of sp³-hybridized carbons (Fsp3) is 0.409. The van der Waals surface area contributed by atoms with Gasteiger partial charge in [-0.05, 0) is 32.8 Å². The molecule has 0 radical (unpaired) electrons. The molecule has 0 bridgehead atoms. The molecule has 3 aromatic heterocycles. The van der Waals surface area contributed by atoms with Crippen LogP contribution in [0.3, 0.4) is 0 Å². The van der Waals surface area contributed by atoms with Gasteiger partial charge >= 0.3 is 0 Å². The molecule has 31 heavy (non-hydrogen) atoms. The quantitative estimate of drug-likeness (QED) is 0.500. The van der Waals surface area contributed by atoms with Gasteiger partial charge in [-0.25, -0.2) is 9.97 Å². The average molecular weight is 420 g/mol. The van der Waals surface area contributed by atoms with Crippen molar-refractivity contribution in [2.24, 2.45) is 7.05 Å². The Hall–Kier alpha value is -3.33. The molecule has 1 saturated heterocycles. The summed E-state index contributed by atoms with van der Waals surface area (Å²) < 4.78 is 14.7. The number of aromatic nitrogens is 6. The molecule has 1 aliphatic rings. The fourth-order valence-electron chi connectivity index (χ4n) is 4.04. The highest BCUT2D eigenvalue weighted by molar-refractivity contribution is 5.70. The summed E-state index contributed by atoms with van der Waals surface area (Å²) in [6.07, 6.45) is 0.820. The molecule has 9 nitrogen and oxygen atoms in total. The van der Waals surface area contributed by atoms with Crippen LogP contribution in [0.4, 0.5) is 0 Å². The molecule has 9 heteroatoms. The molecule has 1 aromatic carbocycles. The minimum Gasteiger partial charge on any atom is -0.373 e. The van der Waals surface area contributed by atoms with Crippen molar-refractivity contribution in [2.75, 3.05) is 6.61 Å². The van der Waals surface area contributed by atoms with Crippen molar-refractivity contribution in [3.05, 3.63) is 69.1 Å². The number of aryl methyl sites for hydroxylation is 4. The Bertz CT molecular complexity index is 1320. The van der Waals surface area contributed by atoms with E-state index in [0.29, 0.717) is 35.3 Å². The Labute approximate surface area is 178 Å². The van der Waals surface area contributed by atoms with E-state index < -0.39 is 0 Å². The molecule has 2 atom stereocenters. The van der Waals surface area contributed by atoms with Crippen molar-refractivity contribution in [2.45, 2.75) is 45.8 Å². The van der Waals surface area contributed by atoms with Gasteiger partial charge in [0.25, 0.3) is 5.56 Å². The lowest BCUT2D eigenvalue weighted by Gasteiger charge is -2.09. The fourth-order valence-corrected chi connectivity index (χ4v) is 4.04. The van der Waals surface area contributed by atoms with Crippen LogP contribution in [0.1, 0.15) is 52.9 Å². The molecular formula is C22H24N6O3. The van der Waals surface area contributed by atoms with Gasteiger partial charge in [0.05, 0.1) is 12.7 Å². The van der Waals surface area contributed by atoms with Crippen molar-refractivity contribution in [3.8, 4) is 0 Å².